The Kier molecular flexibility index (Phi) is 7.76. The molecule has 1 amide bonds. The lowest BCUT2D eigenvalue weighted by Crippen LogP contribution is -2.40. The number of ether oxygens (including phenoxy) is 1. The van der Waals surface area contributed by atoms with E-state index in [1.807, 2.05) is 68.4 Å². The predicted octanol–water partition coefficient (Wildman–Crippen LogP) is 4.45. The van der Waals surface area contributed by atoms with Crippen LogP contribution >= 0.6 is 0 Å². The average Bonchev–Trinajstić information content (AvgIpc) is 2.81. The fourth-order valence-corrected chi connectivity index (χ4v) is 3.92. The average molecular weight is 467 g/mol. The quantitative estimate of drug-likeness (QED) is 0.505. The molecule has 0 aliphatic carbocycles. The minimum atomic E-state index is -3.35. The van der Waals surface area contributed by atoms with Crippen LogP contribution in [0, 0.1) is 6.92 Å². The summed E-state index contributed by atoms with van der Waals surface area (Å²) in [5, 5.41) is 3.14. The van der Waals surface area contributed by atoms with E-state index in [0.29, 0.717) is 17.9 Å². The summed E-state index contributed by atoms with van der Waals surface area (Å²) in [5.74, 6) is 0.276. The molecule has 3 aromatic carbocycles. The Balaban J connectivity index is 1.77. The number of nitrogens with one attached hydrogen (secondary N) is 1. The Bertz CT molecular complexity index is 1160. The zero-order valence-corrected chi connectivity index (χ0v) is 20.2. The van der Waals surface area contributed by atoms with E-state index in [1.54, 1.807) is 24.3 Å². The highest BCUT2D eigenvalue weighted by Gasteiger charge is 2.24. The van der Waals surface area contributed by atoms with Crippen LogP contribution in [0.1, 0.15) is 36.1 Å². The van der Waals surface area contributed by atoms with E-state index in [4.69, 9.17) is 4.74 Å². The number of nitrogens with zero attached hydrogens (tertiary/aromatic N) is 1. The molecule has 6 nitrogen and oxygen atoms in total. The third-order valence-corrected chi connectivity index (χ3v) is 6.68. The Hall–Kier alpha value is -3.32. The molecule has 0 heterocycles. The first-order chi connectivity index (χ1) is 15.7. The molecule has 0 radical (unpaired) electrons. The van der Waals surface area contributed by atoms with E-state index in [0.717, 1.165) is 22.9 Å². The van der Waals surface area contributed by atoms with E-state index in [1.165, 1.54) is 11.4 Å². The van der Waals surface area contributed by atoms with Crippen LogP contribution in [0.15, 0.2) is 78.9 Å². The molecular formula is C26H30N2O4S. The van der Waals surface area contributed by atoms with Gasteiger partial charge in [-0.25, -0.2) is 8.42 Å². The molecule has 0 saturated heterocycles. The van der Waals surface area contributed by atoms with Crippen LogP contribution in [0.5, 0.6) is 5.75 Å². The van der Waals surface area contributed by atoms with Crippen LogP contribution in [0.25, 0.3) is 0 Å². The summed E-state index contributed by atoms with van der Waals surface area (Å²) in [6, 6.07) is 24.3. The lowest BCUT2D eigenvalue weighted by molar-refractivity contribution is -0.128. The highest BCUT2D eigenvalue weighted by atomic mass is 32.2. The summed E-state index contributed by atoms with van der Waals surface area (Å²) in [5.41, 5.74) is 3.64. The molecule has 7 heteroatoms. The van der Waals surface area contributed by atoms with Gasteiger partial charge in [0.25, 0.3) is 5.91 Å². The van der Waals surface area contributed by atoms with Gasteiger partial charge in [-0.2, -0.15) is 0 Å². The van der Waals surface area contributed by atoms with Crippen molar-refractivity contribution in [3.05, 3.63) is 95.6 Å². The zero-order valence-electron chi connectivity index (χ0n) is 19.4. The maximum atomic E-state index is 13.2. The van der Waals surface area contributed by atoms with Gasteiger partial charge in [-0.1, -0.05) is 67.1 Å². The van der Waals surface area contributed by atoms with E-state index >= 15 is 0 Å². The number of carbonyl (C=O) groups excluding carboxylic acids is 1. The number of hydrogen-bond acceptors (Lipinski definition) is 4. The third-order valence-electron chi connectivity index (χ3n) is 5.47. The first-order valence-corrected chi connectivity index (χ1v) is 12.7. The monoisotopic (exact) mass is 466 g/mol. The van der Waals surface area contributed by atoms with Crippen molar-refractivity contribution in [1.82, 2.24) is 5.32 Å². The van der Waals surface area contributed by atoms with Gasteiger partial charge in [-0.05, 0) is 48.7 Å². The largest absolute Gasteiger partial charge is 0.481 e. The van der Waals surface area contributed by atoms with Gasteiger partial charge in [0.15, 0.2) is 6.10 Å². The van der Waals surface area contributed by atoms with Crippen LogP contribution in [0.4, 0.5) is 5.69 Å². The first kappa shape index (κ1) is 24.3. The molecule has 0 aliphatic rings. The van der Waals surface area contributed by atoms with Crippen LogP contribution in [0.3, 0.4) is 0 Å². The number of anilines is 1. The standard InChI is InChI=1S/C26H30N2O4S/c1-5-24(32-23-17-15-22(16-18-23)28(3)33(4,30)31)26(29)27-25(20-9-7-6-8-10-20)21-13-11-19(2)12-14-21/h6-18,24-25H,5H2,1-4H3,(H,27,29). The lowest BCUT2D eigenvalue weighted by atomic mass is 9.97. The molecule has 174 valence electrons. The summed E-state index contributed by atoms with van der Waals surface area (Å²) >= 11 is 0. The molecule has 0 spiro atoms. The number of aryl methyl sites for hydroxylation is 1. The molecule has 3 rings (SSSR count). The fraction of sp³-hybridized carbons (Fsp3) is 0.269. The van der Waals surface area contributed by atoms with Gasteiger partial charge in [-0.15, -0.1) is 0 Å². The molecule has 2 atom stereocenters. The summed E-state index contributed by atoms with van der Waals surface area (Å²) in [4.78, 5) is 13.2. The SMILES string of the molecule is CCC(Oc1ccc(N(C)S(C)(=O)=O)cc1)C(=O)NC(c1ccccc1)c1ccc(C)cc1. The Labute approximate surface area is 196 Å². The number of carbonyl (C=O) groups is 1. The molecule has 3 aromatic rings. The third kappa shape index (κ3) is 6.35. The topological polar surface area (TPSA) is 75.7 Å². The minimum Gasteiger partial charge on any atom is -0.481 e. The highest BCUT2D eigenvalue weighted by Crippen LogP contribution is 2.24. The van der Waals surface area contributed by atoms with Crippen molar-refractivity contribution in [2.75, 3.05) is 17.6 Å². The number of sulfonamides is 1. The van der Waals surface area contributed by atoms with Crippen LogP contribution in [0.2, 0.25) is 0 Å². The van der Waals surface area contributed by atoms with Gasteiger partial charge < -0.3 is 10.1 Å². The van der Waals surface area contributed by atoms with Gasteiger partial charge in [0.05, 0.1) is 18.0 Å². The Morgan fingerprint density at radius 1 is 0.939 bits per heavy atom. The second-order valence-corrected chi connectivity index (χ2v) is 10.0. The Morgan fingerprint density at radius 2 is 1.52 bits per heavy atom. The van der Waals surface area contributed by atoms with Crippen molar-refractivity contribution >= 4 is 21.6 Å². The smallest absolute Gasteiger partial charge is 0.261 e. The van der Waals surface area contributed by atoms with Gasteiger partial charge >= 0.3 is 0 Å². The van der Waals surface area contributed by atoms with E-state index in [9.17, 15) is 13.2 Å². The van der Waals surface area contributed by atoms with Crippen molar-refractivity contribution in [1.29, 1.82) is 0 Å². The number of hydrogen-bond donors (Lipinski definition) is 1. The van der Waals surface area contributed by atoms with Crippen LogP contribution < -0.4 is 14.4 Å². The first-order valence-electron chi connectivity index (χ1n) is 10.8. The van der Waals surface area contributed by atoms with E-state index in [2.05, 4.69) is 5.32 Å². The molecule has 0 saturated carbocycles. The van der Waals surface area contributed by atoms with Crippen molar-refractivity contribution in [2.24, 2.45) is 0 Å². The van der Waals surface area contributed by atoms with Gasteiger partial charge in [0, 0.05) is 7.05 Å². The predicted molar refractivity (Wildman–Crippen MR) is 132 cm³/mol. The number of amides is 1. The van der Waals surface area contributed by atoms with Crippen LogP contribution in [-0.4, -0.2) is 33.7 Å². The second kappa shape index (κ2) is 10.5. The highest BCUT2D eigenvalue weighted by molar-refractivity contribution is 7.92. The molecule has 33 heavy (non-hydrogen) atoms. The summed E-state index contributed by atoms with van der Waals surface area (Å²) in [7, 11) is -1.86. The Morgan fingerprint density at radius 3 is 2.06 bits per heavy atom. The summed E-state index contributed by atoms with van der Waals surface area (Å²) in [6.45, 7) is 3.92. The van der Waals surface area contributed by atoms with Crippen molar-refractivity contribution in [3.8, 4) is 5.75 Å². The summed E-state index contributed by atoms with van der Waals surface area (Å²) in [6.07, 6.45) is 0.929. The molecule has 0 aliphatic heterocycles. The lowest BCUT2D eigenvalue weighted by Gasteiger charge is -2.24. The molecule has 2 unspecified atom stereocenters. The molecular weight excluding hydrogens is 436 g/mol. The number of rotatable bonds is 9. The van der Waals surface area contributed by atoms with E-state index in [-0.39, 0.29) is 11.9 Å². The van der Waals surface area contributed by atoms with Crippen molar-refractivity contribution in [3.63, 3.8) is 0 Å². The maximum Gasteiger partial charge on any atom is 0.261 e. The van der Waals surface area contributed by atoms with Gasteiger partial charge in [-0.3, -0.25) is 9.10 Å². The zero-order chi connectivity index (χ0) is 24.0. The molecule has 0 aromatic heterocycles. The number of benzene rings is 3. The molecule has 0 fully saturated rings. The van der Waals surface area contributed by atoms with E-state index < -0.39 is 16.1 Å². The minimum absolute atomic E-state index is 0.218. The van der Waals surface area contributed by atoms with Crippen LogP contribution in [-0.2, 0) is 14.8 Å². The molecule has 1 N–H and O–H groups in total. The maximum absolute atomic E-state index is 13.2. The van der Waals surface area contributed by atoms with Crippen molar-refractivity contribution < 1.29 is 17.9 Å². The molecule has 0 bridgehead atoms. The second-order valence-electron chi connectivity index (χ2n) is 8.00. The van der Waals surface area contributed by atoms with Crippen molar-refractivity contribution in [2.45, 2.75) is 32.4 Å². The fourth-order valence-electron chi connectivity index (χ4n) is 3.41. The normalized spacial score (nSPS) is 13.1. The van der Waals surface area contributed by atoms with Gasteiger partial charge in [0.1, 0.15) is 5.75 Å². The summed E-state index contributed by atoms with van der Waals surface area (Å²) < 4.78 is 30.6. The van der Waals surface area contributed by atoms with Gasteiger partial charge in [0.2, 0.25) is 10.0 Å².